The van der Waals surface area contributed by atoms with Crippen molar-refractivity contribution in [3.05, 3.63) is 46.6 Å². The molecule has 228 valence electrons. The van der Waals surface area contributed by atoms with Crippen molar-refractivity contribution < 1.29 is 19.1 Å². The van der Waals surface area contributed by atoms with Crippen LogP contribution in [0.25, 0.3) is 0 Å². The Morgan fingerprint density at radius 2 is 2.12 bits per heavy atom. The van der Waals surface area contributed by atoms with Crippen molar-refractivity contribution in [2.45, 2.75) is 70.0 Å². The van der Waals surface area contributed by atoms with Gasteiger partial charge in [0.2, 0.25) is 5.91 Å². The number of nitrogens with one attached hydrogen (secondary N) is 3. The molecule has 2 aromatic rings. The summed E-state index contributed by atoms with van der Waals surface area (Å²) in [5.41, 5.74) is 2.21. The third kappa shape index (κ3) is 7.26. The van der Waals surface area contributed by atoms with E-state index in [9.17, 15) is 9.90 Å². The number of nitrogens with zero attached hydrogens (tertiary/aromatic N) is 4. The van der Waals surface area contributed by atoms with Gasteiger partial charge < -0.3 is 30.2 Å². The number of fused-ring (bicyclic) bond motifs is 1. The molecular formula is C30H42ClN7O4. The predicted molar refractivity (Wildman–Crippen MR) is 159 cm³/mol. The lowest BCUT2D eigenvalue weighted by Crippen LogP contribution is -2.53. The van der Waals surface area contributed by atoms with E-state index < -0.39 is 6.10 Å². The van der Waals surface area contributed by atoms with Crippen LogP contribution in [0, 0.1) is 5.92 Å². The van der Waals surface area contributed by atoms with Gasteiger partial charge in [-0.15, -0.1) is 0 Å². The maximum absolute atomic E-state index is 13.3. The van der Waals surface area contributed by atoms with Gasteiger partial charge in [0.15, 0.2) is 12.2 Å². The van der Waals surface area contributed by atoms with E-state index >= 15 is 0 Å². The zero-order valence-corrected chi connectivity index (χ0v) is 24.8. The Morgan fingerprint density at radius 1 is 1.26 bits per heavy atom. The lowest BCUT2D eigenvalue weighted by Gasteiger charge is -2.38. The Kier molecular flexibility index (Phi) is 9.60. The van der Waals surface area contributed by atoms with Crippen LogP contribution in [0.5, 0.6) is 5.75 Å². The van der Waals surface area contributed by atoms with Crippen LogP contribution < -0.4 is 20.7 Å². The van der Waals surface area contributed by atoms with Gasteiger partial charge in [-0.1, -0.05) is 17.7 Å². The predicted octanol–water partition coefficient (Wildman–Crippen LogP) is 1.92. The minimum atomic E-state index is -0.663. The fourth-order valence-corrected chi connectivity index (χ4v) is 6.59. The van der Waals surface area contributed by atoms with Crippen molar-refractivity contribution in [3.63, 3.8) is 0 Å². The first-order valence-corrected chi connectivity index (χ1v) is 15.7. The molecule has 1 amide bonds. The number of aliphatic hydroxyl groups is 1. The number of amidine groups is 1. The average Bonchev–Trinajstić information content (AvgIpc) is 3.51. The van der Waals surface area contributed by atoms with E-state index in [1.807, 2.05) is 12.1 Å². The number of aliphatic hydroxyl groups excluding tert-OH is 1. The van der Waals surface area contributed by atoms with E-state index in [4.69, 9.17) is 25.7 Å². The van der Waals surface area contributed by atoms with Gasteiger partial charge in [-0.3, -0.25) is 19.6 Å². The van der Waals surface area contributed by atoms with Crippen LogP contribution in [-0.2, 0) is 24.4 Å². The van der Waals surface area contributed by atoms with E-state index in [0.717, 1.165) is 56.1 Å². The number of rotatable bonds is 10. The second-order valence-corrected chi connectivity index (χ2v) is 12.3. The van der Waals surface area contributed by atoms with Gasteiger partial charge >= 0.3 is 0 Å². The Morgan fingerprint density at radius 3 is 2.88 bits per heavy atom. The van der Waals surface area contributed by atoms with Crippen molar-refractivity contribution in [2.24, 2.45) is 10.9 Å². The number of halogens is 1. The van der Waals surface area contributed by atoms with Gasteiger partial charge in [-0.25, -0.2) is 4.98 Å². The highest BCUT2D eigenvalue weighted by Gasteiger charge is 2.34. The van der Waals surface area contributed by atoms with Crippen LogP contribution in [-0.4, -0.2) is 95.8 Å². The smallest absolute Gasteiger partial charge is 0.223 e. The minimum Gasteiger partial charge on any atom is -0.484 e. The molecule has 2 fully saturated rings. The van der Waals surface area contributed by atoms with Crippen molar-refractivity contribution in [2.75, 3.05) is 45.8 Å². The van der Waals surface area contributed by atoms with Crippen LogP contribution >= 0.6 is 11.6 Å². The van der Waals surface area contributed by atoms with Crippen LogP contribution in [0.1, 0.15) is 49.0 Å². The number of hydrogen-bond donors (Lipinski definition) is 4. The number of hydrogen-bond acceptors (Lipinski definition) is 10. The van der Waals surface area contributed by atoms with Gasteiger partial charge in [0.25, 0.3) is 0 Å². The number of carbonyl (C=O) groups is 1. The van der Waals surface area contributed by atoms with Gasteiger partial charge in [-0.2, -0.15) is 0 Å². The largest absolute Gasteiger partial charge is 0.484 e. The highest BCUT2D eigenvalue weighted by Crippen LogP contribution is 2.34. The molecule has 1 saturated heterocycles. The van der Waals surface area contributed by atoms with Gasteiger partial charge in [0.05, 0.1) is 23.2 Å². The van der Waals surface area contributed by atoms with Crippen molar-refractivity contribution in [1.82, 2.24) is 30.7 Å². The Labute approximate surface area is 252 Å². The molecule has 0 bridgehead atoms. The SMILES string of the molecule is O=C(NC[C@H](O)CN1CCc2c(ccc(OCc3cnco3)c2Cl)C1)C1CC(NC2CCC2)=NC(N2CCNCC2)C1. The summed E-state index contributed by atoms with van der Waals surface area (Å²) < 4.78 is 11.1. The van der Waals surface area contributed by atoms with E-state index in [1.165, 1.54) is 25.7 Å². The quantitative estimate of drug-likeness (QED) is 0.324. The molecule has 1 saturated carbocycles. The molecular weight excluding hydrogens is 558 g/mol. The van der Waals surface area contributed by atoms with Crippen molar-refractivity contribution in [1.29, 1.82) is 0 Å². The highest BCUT2D eigenvalue weighted by molar-refractivity contribution is 6.33. The Hall–Kier alpha value is -2.70. The molecule has 42 heavy (non-hydrogen) atoms. The van der Waals surface area contributed by atoms with Crippen LogP contribution in [0.3, 0.4) is 0 Å². The molecule has 4 N–H and O–H groups in total. The molecule has 2 unspecified atom stereocenters. The molecule has 11 nitrogen and oxygen atoms in total. The molecule has 3 aliphatic heterocycles. The number of amides is 1. The van der Waals surface area contributed by atoms with E-state index in [-0.39, 0.29) is 31.1 Å². The van der Waals surface area contributed by atoms with E-state index in [0.29, 0.717) is 48.5 Å². The molecule has 12 heteroatoms. The summed E-state index contributed by atoms with van der Waals surface area (Å²) in [6, 6.07) is 4.40. The Balaban J connectivity index is 0.987. The van der Waals surface area contributed by atoms with Crippen molar-refractivity contribution in [3.8, 4) is 5.75 Å². The lowest BCUT2D eigenvalue weighted by molar-refractivity contribution is -0.126. The molecule has 1 aromatic heterocycles. The summed E-state index contributed by atoms with van der Waals surface area (Å²) in [6.45, 7) is 6.22. The molecule has 4 aliphatic rings. The summed E-state index contributed by atoms with van der Waals surface area (Å²) in [7, 11) is 0. The molecule has 1 aromatic carbocycles. The fraction of sp³-hybridized carbons (Fsp3) is 0.633. The van der Waals surface area contributed by atoms with Gasteiger partial charge in [0, 0.05) is 70.7 Å². The number of oxazole rings is 1. The first kappa shape index (κ1) is 29.4. The number of benzene rings is 1. The summed E-state index contributed by atoms with van der Waals surface area (Å²) in [4.78, 5) is 26.8. The molecule has 0 spiro atoms. The third-order valence-electron chi connectivity index (χ3n) is 8.87. The van der Waals surface area contributed by atoms with Crippen molar-refractivity contribution >= 4 is 23.3 Å². The standard InChI is InChI=1S/C30H42ClN7O4/c31-29-25-6-9-37(16-20(25)4-5-26(29)41-18-24-15-33-19-42-24)17-23(39)14-34-30(40)21-12-27(35-22-2-1-3-22)36-28(13-21)38-10-7-32-8-11-38/h4-5,15,19,21-23,28,32,39H,1-3,6-14,16-18H2,(H,34,40)(H,35,36)/t21?,23-,28?/m0/s1. The number of piperazine rings is 1. The number of aliphatic imine (C=N–C) groups is 1. The minimum absolute atomic E-state index is 0.00521. The molecule has 6 rings (SSSR count). The maximum atomic E-state index is 13.3. The summed E-state index contributed by atoms with van der Waals surface area (Å²) in [5.74, 6) is 2.08. The number of ether oxygens (including phenoxy) is 1. The maximum Gasteiger partial charge on any atom is 0.223 e. The van der Waals surface area contributed by atoms with Crippen LogP contribution in [0.4, 0.5) is 0 Å². The monoisotopic (exact) mass is 599 g/mol. The van der Waals surface area contributed by atoms with E-state index in [2.05, 4.69) is 30.7 Å². The second kappa shape index (κ2) is 13.7. The van der Waals surface area contributed by atoms with Gasteiger partial charge in [0.1, 0.15) is 18.5 Å². The normalized spacial score (nSPS) is 24.3. The Bertz CT molecular complexity index is 1230. The number of β-amino-alcohol motifs (C(OH)–C–C–N with tert-alkyl or cyclic N) is 1. The second-order valence-electron chi connectivity index (χ2n) is 11.9. The topological polar surface area (TPSA) is 127 Å². The molecule has 0 radical (unpaired) electrons. The lowest BCUT2D eigenvalue weighted by atomic mass is 9.90. The third-order valence-corrected chi connectivity index (χ3v) is 9.29. The molecule has 4 heterocycles. The number of carbonyl (C=O) groups excluding carboxylic acids is 1. The zero-order valence-electron chi connectivity index (χ0n) is 24.1. The van der Waals surface area contributed by atoms with Crippen LogP contribution in [0.2, 0.25) is 5.02 Å². The first-order valence-electron chi connectivity index (χ1n) is 15.3. The fourth-order valence-electron chi connectivity index (χ4n) is 6.25. The number of aromatic nitrogens is 1. The first-order chi connectivity index (χ1) is 20.5. The highest BCUT2D eigenvalue weighted by atomic mass is 35.5. The molecule has 1 aliphatic carbocycles. The van der Waals surface area contributed by atoms with Crippen LogP contribution in [0.15, 0.2) is 34.1 Å². The average molecular weight is 600 g/mol. The molecule has 3 atom stereocenters. The zero-order chi connectivity index (χ0) is 28.9. The summed E-state index contributed by atoms with van der Waals surface area (Å²) in [5, 5.41) is 21.5. The summed E-state index contributed by atoms with van der Waals surface area (Å²) >= 11 is 6.68. The summed E-state index contributed by atoms with van der Waals surface area (Å²) in [6.07, 6.45) is 8.07. The van der Waals surface area contributed by atoms with Gasteiger partial charge in [-0.05, 0) is 49.3 Å². The van der Waals surface area contributed by atoms with E-state index in [1.54, 1.807) is 6.20 Å².